The number of aliphatic hydroxyl groups excluding tert-OH is 1. The van der Waals surface area contributed by atoms with Gasteiger partial charge in [0.25, 0.3) is 0 Å². The van der Waals surface area contributed by atoms with E-state index in [9.17, 15) is 9.90 Å². The van der Waals surface area contributed by atoms with Gasteiger partial charge in [0, 0.05) is 18.9 Å². The zero-order chi connectivity index (χ0) is 10.4. The third-order valence-corrected chi connectivity index (χ3v) is 3.27. The minimum Gasteiger partial charge on any atom is -0.396 e. The molecule has 0 aromatic carbocycles. The average molecular weight is 198 g/mol. The first-order valence-electron chi connectivity index (χ1n) is 5.91. The van der Waals surface area contributed by atoms with Crippen LogP contribution >= 0.6 is 0 Å². The molecule has 2 unspecified atom stereocenters. The normalized spacial score (nSPS) is 24.1. The maximum Gasteiger partial charge on any atom is 0.135 e. The van der Waals surface area contributed by atoms with Crippen molar-refractivity contribution in [2.75, 3.05) is 6.61 Å². The van der Waals surface area contributed by atoms with E-state index in [0.717, 1.165) is 32.1 Å². The van der Waals surface area contributed by atoms with E-state index in [0.29, 0.717) is 11.7 Å². The van der Waals surface area contributed by atoms with E-state index in [1.54, 1.807) is 0 Å². The fourth-order valence-electron chi connectivity index (χ4n) is 2.32. The van der Waals surface area contributed by atoms with E-state index in [1.165, 1.54) is 12.8 Å². The summed E-state index contributed by atoms with van der Waals surface area (Å²) in [5.74, 6) is 1.06. The second kappa shape index (κ2) is 6.18. The molecule has 0 radical (unpaired) electrons. The van der Waals surface area contributed by atoms with E-state index in [4.69, 9.17) is 0 Å². The highest BCUT2D eigenvalue weighted by Gasteiger charge is 2.26. The van der Waals surface area contributed by atoms with Crippen LogP contribution in [0.5, 0.6) is 0 Å². The monoisotopic (exact) mass is 198 g/mol. The topological polar surface area (TPSA) is 37.3 Å². The SMILES string of the molecule is CCCCC(CO)CC1CCCC1=O. The Kier molecular flexibility index (Phi) is 5.16. The Labute approximate surface area is 86.7 Å². The molecular formula is C12H22O2. The molecule has 1 N–H and O–H groups in total. The van der Waals surface area contributed by atoms with Crippen molar-refractivity contribution < 1.29 is 9.90 Å². The largest absolute Gasteiger partial charge is 0.396 e. The fraction of sp³-hybridized carbons (Fsp3) is 0.917. The van der Waals surface area contributed by atoms with E-state index in [1.807, 2.05) is 0 Å². The zero-order valence-electron chi connectivity index (χ0n) is 9.17. The summed E-state index contributed by atoms with van der Waals surface area (Å²) in [6.45, 7) is 2.42. The van der Waals surface area contributed by atoms with Crippen LogP contribution in [0.4, 0.5) is 0 Å². The number of rotatable bonds is 6. The van der Waals surface area contributed by atoms with Gasteiger partial charge in [-0.3, -0.25) is 4.79 Å². The van der Waals surface area contributed by atoms with Crippen LogP contribution in [0.2, 0.25) is 0 Å². The number of carbonyl (C=O) groups is 1. The number of hydrogen-bond acceptors (Lipinski definition) is 2. The summed E-state index contributed by atoms with van der Waals surface area (Å²) < 4.78 is 0. The van der Waals surface area contributed by atoms with Crippen molar-refractivity contribution in [1.82, 2.24) is 0 Å². The molecule has 14 heavy (non-hydrogen) atoms. The Morgan fingerprint density at radius 3 is 2.86 bits per heavy atom. The van der Waals surface area contributed by atoms with Crippen LogP contribution in [0.15, 0.2) is 0 Å². The van der Waals surface area contributed by atoms with Crippen molar-refractivity contribution in [3.05, 3.63) is 0 Å². The summed E-state index contributed by atoms with van der Waals surface area (Å²) in [6, 6.07) is 0. The molecule has 1 aliphatic carbocycles. The van der Waals surface area contributed by atoms with Gasteiger partial charge in [0.2, 0.25) is 0 Å². The summed E-state index contributed by atoms with van der Waals surface area (Å²) >= 11 is 0. The first-order chi connectivity index (χ1) is 6.77. The molecule has 0 aliphatic heterocycles. The third kappa shape index (κ3) is 3.41. The lowest BCUT2D eigenvalue weighted by Crippen LogP contribution is -2.15. The quantitative estimate of drug-likeness (QED) is 0.712. The Morgan fingerprint density at radius 2 is 2.36 bits per heavy atom. The van der Waals surface area contributed by atoms with Crippen LogP contribution in [-0.2, 0) is 4.79 Å². The molecule has 0 saturated heterocycles. The summed E-state index contributed by atoms with van der Waals surface area (Å²) in [5.41, 5.74) is 0. The lowest BCUT2D eigenvalue weighted by molar-refractivity contribution is -0.121. The molecule has 2 atom stereocenters. The van der Waals surface area contributed by atoms with E-state index in [2.05, 4.69) is 6.92 Å². The first-order valence-corrected chi connectivity index (χ1v) is 5.91. The molecule has 82 valence electrons. The lowest BCUT2D eigenvalue weighted by atomic mass is 9.90. The number of aliphatic hydroxyl groups is 1. The van der Waals surface area contributed by atoms with Crippen LogP contribution in [0.1, 0.15) is 51.9 Å². The summed E-state index contributed by atoms with van der Waals surface area (Å²) in [5, 5.41) is 9.19. The van der Waals surface area contributed by atoms with Gasteiger partial charge in [-0.15, -0.1) is 0 Å². The number of hydrogen-bond donors (Lipinski definition) is 1. The number of Topliss-reactive ketones (excluding diaryl/α,β-unsaturated/α-hetero) is 1. The molecule has 0 aromatic rings. The Hall–Kier alpha value is -0.370. The number of ketones is 1. The van der Waals surface area contributed by atoms with E-state index < -0.39 is 0 Å². The molecule has 2 heteroatoms. The lowest BCUT2D eigenvalue weighted by Gasteiger charge is -2.16. The van der Waals surface area contributed by atoms with Gasteiger partial charge in [-0.25, -0.2) is 0 Å². The van der Waals surface area contributed by atoms with Crippen molar-refractivity contribution in [2.24, 2.45) is 11.8 Å². The van der Waals surface area contributed by atoms with Gasteiger partial charge >= 0.3 is 0 Å². The Bertz CT molecular complexity index is 177. The van der Waals surface area contributed by atoms with Crippen molar-refractivity contribution in [1.29, 1.82) is 0 Å². The van der Waals surface area contributed by atoms with E-state index in [-0.39, 0.29) is 12.5 Å². The van der Waals surface area contributed by atoms with Crippen molar-refractivity contribution in [3.63, 3.8) is 0 Å². The van der Waals surface area contributed by atoms with Gasteiger partial charge in [0.1, 0.15) is 5.78 Å². The maximum atomic E-state index is 11.4. The van der Waals surface area contributed by atoms with Crippen molar-refractivity contribution in [3.8, 4) is 0 Å². The summed E-state index contributed by atoms with van der Waals surface area (Å²) in [7, 11) is 0. The molecule has 1 saturated carbocycles. The van der Waals surface area contributed by atoms with Gasteiger partial charge in [0.15, 0.2) is 0 Å². The molecule has 0 bridgehead atoms. The van der Waals surface area contributed by atoms with Gasteiger partial charge in [-0.05, 0) is 31.6 Å². The van der Waals surface area contributed by atoms with Crippen LogP contribution in [0.3, 0.4) is 0 Å². The maximum absolute atomic E-state index is 11.4. The minimum absolute atomic E-state index is 0.254. The second-order valence-electron chi connectivity index (χ2n) is 4.48. The highest BCUT2D eigenvalue weighted by molar-refractivity contribution is 5.82. The van der Waals surface area contributed by atoms with Crippen LogP contribution in [-0.4, -0.2) is 17.5 Å². The van der Waals surface area contributed by atoms with Crippen LogP contribution in [0.25, 0.3) is 0 Å². The molecule has 1 aliphatic rings. The standard InChI is InChI=1S/C12H22O2/c1-2-3-5-10(9-13)8-11-6-4-7-12(11)14/h10-11,13H,2-9H2,1H3. The molecular weight excluding hydrogens is 176 g/mol. The predicted molar refractivity (Wildman–Crippen MR) is 57.1 cm³/mol. The Balaban J connectivity index is 2.28. The van der Waals surface area contributed by atoms with Crippen molar-refractivity contribution >= 4 is 5.78 Å². The zero-order valence-corrected chi connectivity index (χ0v) is 9.17. The molecule has 0 amide bonds. The molecule has 0 spiro atoms. The second-order valence-corrected chi connectivity index (χ2v) is 4.48. The van der Waals surface area contributed by atoms with Gasteiger partial charge < -0.3 is 5.11 Å². The summed E-state index contributed by atoms with van der Waals surface area (Å²) in [4.78, 5) is 11.4. The highest BCUT2D eigenvalue weighted by Crippen LogP contribution is 2.29. The first kappa shape index (κ1) is 11.7. The highest BCUT2D eigenvalue weighted by atomic mass is 16.3. The number of carbonyl (C=O) groups excluding carboxylic acids is 1. The van der Waals surface area contributed by atoms with E-state index >= 15 is 0 Å². The molecule has 0 heterocycles. The summed E-state index contributed by atoms with van der Waals surface area (Å²) in [6.07, 6.45) is 7.25. The van der Waals surface area contributed by atoms with Crippen LogP contribution < -0.4 is 0 Å². The Morgan fingerprint density at radius 1 is 1.57 bits per heavy atom. The number of unbranched alkanes of at least 4 members (excludes halogenated alkanes) is 1. The third-order valence-electron chi connectivity index (χ3n) is 3.27. The minimum atomic E-state index is 0.254. The van der Waals surface area contributed by atoms with Crippen LogP contribution in [0, 0.1) is 11.8 Å². The smallest absolute Gasteiger partial charge is 0.135 e. The molecule has 2 nitrogen and oxygen atoms in total. The fourth-order valence-corrected chi connectivity index (χ4v) is 2.32. The van der Waals surface area contributed by atoms with Gasteiger partial charge in [-0.1, -0.05) is 19.8 Å². The van der Waals surface area contributed by atoms with Crippen molar-refractivity contribution in [2.45, 2.75) is 51.9 Å². The predicted octanol–water partition coefficient (Wildman–Crippen LogP) is 2.54. The molecule has 1 rings (SSSR count). The molecule has 0 aromatic heterocycles. The molecule has 1 fully saturated rings. The average Bonchev–Trinajstić information content (AvgIpc) is 2.59. The van der Waals surface area contributed by atoms with Gasteiger partial charge in [0.05, 0.1) is 0 Å². The van der Waals surface area contributed by atoms with Gasteiger partial charge in [-0.2, -0.15) is 0 Å².